The average Bonchev–Trinajstić information content (AvgIpc) is 2.91. The Morgan fingerprint density at radius 3 is 1.35 bits per heavy atom. The van der Waals surface area contributed by atoms with Gasteiger partial charge in [0.2, 0.25) is 0 Å². The Hall–Kier alpha value is -1.41. The molecule has 0 amide bonds. The predicted molar refractivity (Wildman–Crippen MR) is 159 cm³/mol. The summed E-state index contributed by atoms with van der Waals surface area (Å²) in [6.07, 6.45) is 22.2. The van der Waals surface area contributed by atoms with Gasteiger partial charge in [0.1, 0.15) is 0 Å². The summed E-state index contributed by atoms with van der Waals surface area (Å²) < 4.78 is 11.0. The minimum atomic E-state index is -0.586. The van der Waals surface area contributed by atoms with Crippen LogP contribution in [0.3, 0.4) is 0 Å². The number of hydrogen-bond acceptors (Lipinski definition) is 4. The molecule has 37 heavy (non-hydrogen) atoms. The van der Waals surface area contributed by atoms with Gasteiger partial charge in [-0.15, -0.1) is 0 Å². The molecule has 0 atom stereocenters. The van der Waals surface area contributed by atoms with Crippen molar-refractivity contribution in [1.82, 2.24) is 0 Å². The zero-order valence-electron chi connectivity index (χ0n) is 24.0. The molecule has 0 aromatic heterocycles. The Bertz CT molecular complexity index is 626. The van der Waals surface area contributed by atoms with E-state index in [1.165, 1.54) is 82.4 Å². The largest absolute Gasteiger partial charge is 0.466 e. The monoisotopic (exact) mass is 534 g/mol. The first-order valence-corrected chi connectivity index (χ1v) is 17.0. The molecule has 0 spiro atoms. The summed E-state index contributed by atoms with van der Waals surface area (Å²) >= 11 is 0. The number of carbonyl (C=O) groups excluding carboxylic acids is 2. The molecule has 0 N–H and O–H groups in total. The highest BCUT2D eigenvalue weighted by atomic mass is 31.1. The Morgan fingerprint density at radius 1 is 0.568 bits per heavy atom. The SMILES string of the molecule is CCCCCCCCCCOC(=O)CCP(CCC(=O)OCCCCCCCCCC)c1ccccc1. The molecule has 0 heterocycles. The van der Waals surface area contributed by atoms with Gasteiger partial charge < -0.3 is 9.47 Å². The lowest BCUT2D eigenvalue weighted by Gasteiger charge is -2.17. The van der Waals surface area contributed by atoms with E-state index in [1.54, 1.807) is 0 Å². The van der Waals surface area contributed by atoms with Gasteiger partial charge in [0.15, 0.2) is 0 Å². The fraction of sp³-hybridized carbons (Fsp3) is 0.750. The Kier molecular flexibility index (Phi) is 22.6. The van der Waals surface area contributed by atoms with E-state index in [0.717, 1.165) is 38.0 Å². The van der Waals surface area contributed by atoms with E-state index in [0.29, 0.717) is 26.1 Å². The third-order valence-corrected chi connectivity index (χ3v) is 9.37. The molecular formula is C32H55O4P. The van der Waals surface area contributed by atoms with E-state index < -0.39 is 7.92 Å². The van der Waals surface area contributed by atoms with Crippen molar-refractivity contribution in [3.63, 3.8) is 0 Å². The second-order valence-electron chi connectivity index (χ2n) is 10.2. The van der Waals surface area contributed by atoms with Crippen LogP contribution >= 0.6 is 7.92 Å². The molecule has 0 fully saturated rings. The van der Waals surface area contributed by atoms with E-state index in [-0.39, 0.29) is 11.9 Å². The lowest BCUT2D eigenvalue weighted by atomic mass is 10.1. The standard InChI is InChI=1S/C32H55O4P/c1-3-5-7-9-11-13-15-20-26-35-31(33)24-28-37(30-22-18-17-19-23-30)29-25-32(34)36-27-21-16-14-12-10-8-6-4-2/h17-19,22-23H,3-16,20-21,24-29H2,1-2H3. The molecule has 0 saturated heterocycles. The number of unbranched alkanes of at least 4 members (excludes halogenated alkanes) is 14. The summed E-state index contributed by atoms with van der Waals surface area (Å²) in [6, 6.07) is 10.3. The van der Waals surface area contributed by atoms with E-state index in [2.05, 4.69) is 26.0 Å². The third kappa shape index (κ3) is 20.3. The third-order valence-electron chi connectivity index (χ3n) is 6.81. The van der Waals surface area contributed by atoms with Crippen molar-refractivity contribution >= 4 is 25.2 Å². The van der Waals surface area contributed by atoms with Crippen molar-refractivity contribution < 1.29 is 19.1 Å². The molecule has 4 nitrogen and oxygen atoms in total. The summed E-state index contributed by atoms with van der Waals surface area (Å²) in [6.45, 7) is 5.54. The number of rotatable bonds is 25. The molecule has 0 unspecified atom stereocenters. The summed E-state index contributed by atoms with van der Waals surface area (Å²) in [4.78, 5) is 24.6. The molecule has 1 aromatic rings. The van der Waals surface area contributed by atoms with Crippen LogP contribution in [0, 0.1) is 0 Å². The summed E-state index contributed by atoms with van der Waals surface area (Å²) in [7, 11) is -0.586. The zero-order chi connectivity index (χ0) is 26.8. The maximum atomic E-state index is 12.3. The van der Waals surface area contributed by atoms with Crippen LogP contribution in [0.15, 0.2) is 30.3 Å². The number of carbonyl (C=O) groups is 2. The minimum Gasteiger partial charge on any atom is -0.466 e. The first-order valence-electron chi connectivity index (χ1n) is 15.3. The molecule has 0 aliphatic carbocycles. The molecule has 0 aliphatic rings. The van der Waals surface area contributed by atoms with Gasteiger partial charge in [0, 0.05) is 12.8 Å². The molecule has 1 rings (SSSR count). The average molecular weight is 535 g/mol. The van der Waals surface area contributed by atoms with Gasteiger partial charge >= 0.3 is 11.9 Å². The van der Waals surface area contributed by atoms with Crippen LogP contribution in [0.4, 0.5) is 0 Å². The van der Waals surface area contributed by atoms with Gasteiger partial charge in [-0.25, -0.2) is 0 Å². The van der Waals surface area contributed by atoms with Crippen molar-refractivity contribution in [3.05, 3.63) is 30.3 Å². The zero-order valence-corrected chi connectivity index (χ0v) is 24.9. The van der Waals surface area contributed by atoms with Gasteiger partial charge in [0.25, 0.3) is 0 Å². The van der Waals surface area contributed by atoms with Crippen molar-refractivity contribution in [2.75, 3.05) is 25.5 Å². The van der Waals surface area contributed by atoms with Crippen molar-refractivity contribution in [2.24, 2.45) is 0 Å². The molecular weight excluding hydrogens is 479 g/mol. The highest BCUT2D eigenvalue weighted by molar-refractivity contribution is 7.65. The number of ether oxygens (including phenoxy) is 2. The maximum absolute atomic E-state index is 12.3. The maximum Gasteiger partial charge on any atom is 0.306 e. The Labute approximate surface area is 229 Å². The van der Waals surface area contributed by atoms with Gasteiger partial charge in [-0.1, -0.05) is 142 Å². The molecule has 0 bridgehead atoms. The van der Waals surface area contributed by atoms with Crippen LogP contribution < -0.4 is 5.30 Å². The summed E-state index contributed by atoms with van der Waals surface area (Å²) in [5.74, 6) is -0.215. The summed E-state index contributed by atoms with van der Waals surface area (Å²) in [5, 5.41) is 1.24. The normalized spacial score (nSPS) is 11.1. The lowest BCUT2D eigenvalue weighted by molar-refractivity contribution is -0.144. The smallest absolute Gasteiger partial charge is 0.306 e. The molecule has 1 aromatic carbocycles. The first-order chi connectivity index (χ1) is 18.2. The molecule has 212 valence electrons. The van der Waals surface area contributed by atoms with Gasteiger partial charge in [-0.3, -0.25) is 9.59 Å². The van der Waals surface area contributed by atoms with E-state index in [1.807, 2.05) is 18.2 Å². The van der Waals surface area contributed by atoms with Crippen LogP contribution in [-0.2, 0) is 19.1 Å². The Balaban J connectivity index is 2.21. The van der Waals surface area contributed by atoms with E-state index >= 15 is 0 Å². The molecule has 5 heteroatoms. The molecule has 0 radical (unpaired) electrons. The second-order valence-corrected chi connectivity index (χ2v) is 12.7. The van der Waals surface area contributed by atoms with Crippen LogP contribution in [-0.4, -0.2) is 37.5 Å². The number of benzene rings is 1. The first kappa shape index (κ1) is 33.6. The van der Waals surface area contributed by atoms with Crippen LogP contribution in [0.5, 0.6) is 0 Å². The quantitative estimate of drug-likeness (QED) is 0.0714. The van der Waals surface area contributed by atoms with E-state index in [9.17, 15) is 9.59 Å². The number of esters is 2. The van der Waals surface area contributed by atoms with Gasteiger partial charge in [-0.05, 0) is 30.5 Å². The fourth-order valence-electron chi connectivity index (χ4n) is 4.45. The van der Waals surface area contributed by atoms with Gasteiger partial charge in [0.05, 0.1) is 13.2 Å². The van der Waals surface area contributed by atoms with Crippen molar-refractivity contribution in [3.8, 4) is 0 Å². The molecule has 0 saturated carbocycles. The second kappa shape index (κ2) is 24.9. The minimum absolute atomic E-state index is 0.108. The highest BCUT2D eigenvalue weighted by Gasteiger charge is 2.16. The van der Waals surface area contributed by atoms with Crippen LogP contribution in [0.1, 0.15) is 129 Å². The lowest BCUT2D eigenvalue weighted by Crippen LogP contribution is -2.14. The predicted octanol–water partition coefficient (Wildman–Crippen LogP) is 8.94. The number of hydrogen-bond donors (Lipinski definition) is 0. The van der Waals surface area contributed by atoms with Crippen molar-refractivity contribution in [2.45, 2.75) is 129 Å². The van der Waals surface area contributed by atoms with Crippen LogP contribution in [0.2, 0.25) is 0 Å². The summed E-state index contributed by atoms with van der Waals surface area (Å²) in [5.41, 5.74) is 0. The van der Waals surface area contributed by atoms with Gasteiger partial charge in [-0.2, -0.15) is 0 Å². The topological polar surface area (TPSA) is 52.6 Å². The fourth-order valence-corrected chi connectivity index (χ4v) is 6.69. The highest BCUT2D eigenvalue weighted by Crippen LogP contribution is 2.36. The molecule has 0 aliphatic heterocycles. The van der Waals surface area contributed by atoms with E-state index in [4.69, 9.17) is 9.47 Å². The van der Waals surface area contributed by atoms with Crippen LogP contribution in [0.25, 0.3) is 0 Å². The Morgan fingerprint density at radius 2 is 0.946 bits per heavy atom. The van der Waals surface area contributed by atoms with Crippen molar-refractivity contribution in [1.29, 1.82) is 0 Å².